The molecule has 0 rings (SSSR count). The lowest BCUT2D eigenvalue weighted by Crippen LogP contribution is -2.24. The molecule has 0 spiro atoms. The Kier molecular flexibility index (Phi) is 48.9. The van der Waals surface area contributed by atoms with E-state index in [9.17, 15) is 9.46 Å². The van der Waals surface area contributed by atoms with Gasteiger partial charge in [0.1, 0.15) is 0 Å². The SMILES string of the molecule is CCCCCCCCCCCCCCCCCCCCCCN(CCCCCCCCCCCCCCCCCCCCCC)P(=O)(O)OCCCCCCCC. The fourth-order valence-electron chi connectivity index (χ4n) is 8.61. The van der Waals surface area contributed by atoms with Crippen molar-refractivity contribution < 1.29 is 14.0 Å². The van der Waals surface area contributed by atoms with Gasteiger partial charge in [0.25, 0.3) is 0 Å². The molecule has 0 bridgehead atoms. The number of unbranched alkanes of at least 4 members (excludes halogenated alkanes) is 43. The molecule has 4 nitrogen and oxygen atoms in total. The zero-order valence-corrected chi connectivity index (χ0v) is 40.7. The molecule has 344 valence electrons. The minimum atomic E-state index is -3.72. The maximum Gasteiger partial charge on any atom is 0.405 e. The summed E-state index contributed by atoms with van der Waals surface area (Å²) in [6.45, 7) is 8.64. The van der Waals surface area contributed by atoms with Crippen molar-refractivity contribution in [3.63, 3.8) is 0 Å². The Labute approximate surface area is 361 Å². The van der Waals surface area contributed by atoms with Gasteiger partial charge in [-0.25, -0.2) is 9.24 Å². The Morgan fingerprint density at radius 1 is 0.298 bits per heavy atom. The van der Waals surface area contributed by atoms with E-state index in [1.807, 2.05) is 4.67 Å². The number of rotatable bonds is 51. The Morgan fingerprint density at radius 3 is 0.684 bits per heavy atom. The molecular formula is C52H108NO3P. The van der Waals surface area contributed by atoms with Gasteiger partial charge in [-0.15, -0.1) is 0 Å². The van der Waals surface area contributed by atoms with Crippen LogP contribution in [0.2, 0.25) is 0 Å². The third-order valence-electron chi connectivity index (χ3n) is 12.7. The summed E-state index contributed by atoms with van der Waals surface area (Å²) in [5, 5.41) is 0. The first-order valence-corrected chi connectivity index (χ1v) is 28.3. The van der Waals surface area contributed by atoms with E-state index in [0.29, 0.717) is 19.7 Å². The first-order valence-electron chi connectivity index (χ1n) is 26.8. The van der Waals surface area contributed by atoms with E-state index in [2.05, 4.69) is 20.8 Å². The standard InChI is InChI=1S/C52H108NO3P/c1-4-7-10-13-16-18-20-22-24-26-28-30-32-34-36-38-40-42-44-47-50-53(57(54,55)56-52-49-46-15-12-9-6-3)51-48-45-43-41-39-37-35-33-31-29-27-25-23-21-19-17-14-11-8-5-2/h4-52H2,1-3H3,(H,54,55). The van der Waals surface area contributed by atoms with Gasteiger partial charge in [-0.05, 0) is 19.3 Å². The van der Waals surface area contributed by atoms with Crippen LogP contribution >= 0.6 is 7.75 Å². The highest BCUT2D eigenvalue weighted by Gasteiger charge is 2.28. The summed E-state index contributed by atoms with van der Waals surface area (Å²) in [5.74, 6) is 0. The normalized spacial score (nSPS) is 12.9. The predicted octanol–water partition coefficient (Wildman–Crippen LogP) is 19.4. The first-order chi connectivity index (χ1) is 28.1. The number of hydrogen-bond donors (Lipinski definition) is 1. The lowest BCUT2D eigenvalue weighted by Gasteiger charge is -2.26. The number of hydrogen-bond acceptors (Lipinski definition) is 2. The van der Waals surface area contributed by atoms with Gasteiger partial charge >= 0.3 is 7.75 Å². The van der Waals surface area contributed by atoms with E-state index in [0.717, 1.165) is 38.5 Å². The van der Waals surface area contributed by atoms with Crippen LogP contribution in [0.3, 0.4) is 0 Å². The molecule has 57 heavy (non-hydrogen) atoms. The summed E-state index contributed by atoms with van der Waals surface area (Å²) in [4.78, 5) is 11.0. The predicted molar refractivity (Wildman–Crippen MR) is 257 cm³/mol. The van der Waals surface area contributed by atoms with Gasteiger partial charge in [0.2, 0.25) is 0 Å². The largest absolute Gasteiger partial charge is 0.405 e. The van der Waals surface area contributed by atoms with Crippen LogP contribution < -0.4 is 0 Å². The molecule has 0 aromatic heterocycles. The fraction of sp³-hybridized carbons (Fsp3) is 1.00. The molecule has 0 saturated carbocycles. The van der Waals surface area contributed by atoms with Crippen molar-refractivity contribution in [2.24, 2.45) is 0 Å². The average molecular weight is 826 g/mol. The zero-order valence-electron chi connectivity index (χ0n) is 39.8. The van der Waals surface area contributed by atoms with Crippen LogP contribution in [0.5, 0.6) is 0 Å². The van der Waals surface area contributed by atoms with E-state index in [4.69, 9.17) is 4.52 Å². The van der Waals surface area contributed by atoms with E-state index >= 15 is 0 Å². The van der Waals surface area contributed by atoms with Gasteiger partial charge in [0, 0.05) is 13.1 Å². The van der Waals surface area contributed by atoms with E-state index in [-0.39, 0.29) is 0 Å². The second kappa shape index (κ2) is 48.8. The molecule has 1 atom stereocenters. The summed E-state index contributed by atoms with van der Waals surface area (Å²) in [5.41, 5.74) is 0. The first kappa shape index (κ1) is 57.1. The lowest BCUT2D eigenvalue weighted by atomic mass is 10.0. The molecule has 0 fully saturated rings. The molecule has 1 unspecified atom stereocenters. The fourth-order valence-corrected chi connectivity index (χ4v) is 9.93. The molecule has 0 heterocycles. The van der Waals surface area contributed by atoms with Crippen LogP contribution in [0.25, 0.3) is 0 Å². The molecule has 0 aliphatic carbocycles. The minimum Gasteiger partial charge on any atom is -0.312 e. The van der Waals surface area contributed by atoms with E-state index in [1.165, 1.54) is 257 Å². The Bertz CT molecular complexity index is 734. The molecule has 0 radical (unpaired) electrons. The molecule has 1 N–H and O–H groups in total. The minimum absolute atomic E-state index is 0.412. The van der Waals surface area contributed by atoms with Gasteiger partial charge in [-0.1, -0.05) is 297 Å². The van der Waals surface area contributed by atoms with Gasteiger partial charge in [-0.2, -0.15) is 0 Å². The van der Waals surface area contributed by atoms with Crippen LogP contribution in [0, 0.1) is 0 Å². The second-order valence-electron chi connectivity index (χ2n) is 18.5. The smallest absolute Gasteiger partial charge is 0.312 e. The quantitative estimate of drug-likeness (QED) is 0.0490. The van der Waals surface area contributed by atoms with E-state index < -0.39 is 7.75 Å². The summed E-state index contributed by atoms with van der Waals surface area (Å²) in [6, 6.07) is 0. The van der Waals surface area contributed by atoms with Crippen molar-refractivity contribution in [2.75, 3.05) is 19.7 Å². The molecule has 5 heteroatoms. The zero-order chi connectivity index (χ0) is 41.4. The molecule has 0 aliphatic rings. The molecular weight excluding hydrogens is 718 g/mol. The Hall–Kier alpha value is 0.110. The molecule has 0 aliphatic heterocycles. The lowest BCUT2D eigenvalue weighted by molar-refractivity contribution is 0.194. The summed E-state index contributed by atoms with van der Waals surface area (Å²) in [7, 11) is -3.72. The van der Waals surface area contributed by atoms with Crippen molar-refractivity contribution in [1.82, 2.24) is 4.67 Å². The van der Waals surface area contributed by atoms with Crippen molar-refractivity contribution in [2.45, 2.75) is 316 Å². The average Bonchev–Trinajstić information content (AvgIpc) is 3.21. The Balaban J connectivity index is 3.99. The topological polar surface area (TPSA) is 49.8 Å². The van der Waals surface area contributed by atoms with Gasteiger partial charge < -0.3 is 4.89 Å². The van der Waals surface area contributed by atoms with E-state index in [1.54, 1.807) is 0 Å². The van der Waals surface area contributed by atoms with Gasteiger partial charge in [0.05, 0.1) is 6.61 Å². The summed E-state index contributed by atoms with van der Waals surface area (Å²) >= 11 is 0. The molecule has 0 saturated heterocycles. The second-order valence-corrected chi connectivity index (χ2v) is 20.3. The summed E-state index contributed by atoms with van der Waals surface area (Å²) < 4.78 is 20.9. The maximum atomic E-state index is 13.4. The highest BCUT2D eigenvalue weighted by molar-refractivity contribution is 7.50. The maximum absolute atomic E-state index is 13.4. The van der Waals surface area contributed by atoms with Crippen LogP contribution in [-0.4, -0.2) is 29.3 Å². The molecule has 0 aromatic rings. The number of nitrogens with zero attached hydrogens (tertiary/aromatic N) is 1. The third kappa shape index (κ3) is 45.5. The highest BCUT2D eigenvalue weighted by atomic mass is 31.2. The Morgan fingerprint density at radius 2 is 0.474 bits per heavy atom. The highest BCUT2D eigenvalue weighted by Crippen LogP contribution is 2.47. The van der Waals surface area contributed by atoms with Crippen molar-refractivity contribution >= 4 is 7.75 Å². The van der Waals surface area contributed by atoms with Crippen molar-refractivity contribution in [3.05, 3.63) is 0 Å². The monoisotopic (exact) mass is 826 g/mol. The van der Waals surface area contributed by atoms with Crippen molar-refractivity contribution in [1.29, 1.82) is 0 Å². The molecule has 0 amide bonds. The van der Waals surface area contributed by atoms with Crippen LogP contribution in [-0.2, 0) is 9.09 Å². The molecule has 0 aromatic carbocycles. The van der Waals surface area contributed by atoms with Crippen LogP contribution in [0.4, 0.5) is 0 Å². The van der Waals surface area contributed by atoms with Gasteiger partial charge in [-0.3, -0.25) is 4.52 Å². The van der Waals surface area contributed by atoms with Gasteiger partial charge in [0.15, 0.2) is 0 Å². The van der Waals surface area contributed by atoms with Crippen molar-refractivity contribution in [3.8, 4) is 0 Å². The van der Waals surface area contributed by atoms with Crippen LogP contribution in [0.1, 0.15) is 316 Å². The summed E-state index contributed by atoms with van der Waals surface area (Å²) in [6.07, 6.45) is 62.0. The van der Waals surface area contributed by atoms with Crippen LogP contribution in [0.15, 0.2) is 0 Å². The third-order valence-corrected chi connectivity index (χ3v) is 14.3.